The molecule has 31 heavy (non-hydrogen) atoms. The molecule has 5 nitrogen and oxygen atoms in total. The second-order valence-electron chi connectivity index (χ2n) is 7.12. The van der Waals surface area contributed by atoms with Crippen molar-refractivity contribution in [1.29, 1.82) is 0 Å². The van der Waals surface area contributed by atoms with Crippen LogP contribution in [0.3, 0.4) is 0 Å². The first kappa shape index (κ1) is 20.8. The van der Waals surface area contributed by atoms with Crippen LogP contribution in [0, 0.1) is 0 Å². The van der Waals surface area contributed by atoms with Crippen LogP contribution in [0.25, 0.3) is 0 Å². The van der Waals surface area contributed by atoms with Crippen LogP contribution in [0.4, 0.5) is 5.13 Å². The number of ether oxygens (including phenoxy) is 1. The molecule has 0 aliphatic carbocycles. The van der Waals surface area contributed by atoms with Crippen molar-refractivity contribution in [1.82, 2.24) is 10.2 Å². The van der Waals surface area contributed by atoms with Gasteiger partial charge in [-0.05, 0) is 17.2 Å². The monoisotopic (exact) mass is 429 g/mol. The number of nitrogens with zero attached hydrogens (tertiary/aromatic N) is 2. The highest BCUT2D eigenvalue weighted by atomic mass is 32.1. The summed E-state index contributed by atoms with van der Waals surface area (Å²) in [6, 6.07) is 28.0. The average Bonchev–Trinajstić information content (AvgIpc) is 3.25. The first-order valence-corrected chi connectivity index (χ1v) is 10.9. The van der Waals surface area contributed by atoms with Gasteiger partial charge in [-0.2, -0.15) is 0 Å². The summed E-state index contributed by atoms with van der Waals surface area (Å²) in [5.41, 5.74) is 3.25. The quantitative estimate of drug-likeness (QED) is 0.413. The summed E-state index contributed by atoms with van der Waals surface area (Å²) in [6.07, 6.45) is 0.934. The van der Waals surface area contributed by atoms with Crippen molar-refractivity contribution in [2.24, 2.45) is 0 Å². The highest BCUT2D eigenvalue weighted by Crippen LogP contribution is 2.29. The number of carbonyl (C=O) groups is 1. The smallest absolute Gasteiger partial charge is 0.227 e. The van der Waals surface area contributed by atoms with Crippen LogP contribution in [0.15, 0.2) is 84.9 Å². The van der Waals surface area contributed by atoms with E-state index in [4.69, 9.17) is 4.74 Å². The third-order valence-electron chi connectivity index (χ3n) is 5.04. The van der Waals surface area contributed by atoms with E-state index < -0.39 is 0 Å². The molecule has 4 rings (SSSR count). The Morgan fingerprint density at radius 2 is 1.52 bits per heavy atom. The molecule has 0 fully saturated rings. The summed E-state index contributed by atoms with van der Waals surface area (Å²) in [5.74, 6) is 0.706. The van der Waals surface area contributed by atoms with E-state index in [1.807, 2.05) is 60.7 Å². The molecular formula is C25H23N3O2S. The number of carbonyl (C=O) groups excluding carboxylic acids is 1. The molecule has 1 aromatic heterocycles. The molecule has 156 valence electrons. The molecule has 1 heterocycles. The Bertz CT molecular complexity index is 1090. The van der Waals surface area contributed by atoms with Gasteiger partial charge in [-0.25, -0.2) is 0 Å². The van der Waals surface area contributed by atoms with E-state index >= 15 is 0 Å². The maximum atomic E-state index is 12.8. The number of aromatic nitrogens is 2. The first-order chi connectivity index (χ1) is 15.2. The van der Waals surface area contributed by atoms with Gasteiger partial charge in [-0.1, -0.05) is 90.2 Å². The Kier molecular flexibility index (Phi) is 6.69. The van der Waals surface area contributed by atoms with Crippen molar-refractivity contribution in [3.63, 3.8) is 0 Å². The van der Waals surface area contributed by atoms with E-state index in [-0.39, 0.29) is 11.8 Å². The Hall–Kier alpha value is -3.51. The minimum Gasteiger partial charge on any atom is -0.496 e. The van der Waals surface area contributed by atoms with Gasteiger partial charge >= 0.3 is 0 Å². The number of rotatable bonds is 8. The van der Waals surface area contributed by atoms with E-state index in [0.717, 1.165) is 27.4 Å². The van der Waals surface area contributed by atoms with Crippen LogP contribution in [-0.4, -0.2) is 23.2 Å². The number of amides is 1. The second kappa shape index (κ2) is 10.00. The molecule has 0 saturated carbocycles. The number of hydrogen-bond donors (Lipinski definition) is 1. The fraction of sp³-hybridized carbons (Fsp3) is 0.160. The molecule has 0 bridgehead atoms. The minimum atomic E-state index is -0.0855. The lowest BCUT2D eigenvalue weighted by Crippen LogP contribution is -2.16. The van der Waals surface area contributed by atoms with Crippen molar-refractivity contribution in [2.45, 2.75) is 18.8 Å². The van der Waals surface area contributed by atoms with Gasteiger partial charge in [0, 0.05) is 24.3 Å². The van der Waals surface area contributed by atoms with Gasteiger partial charge in [0.2, 0.25) is 11.0 Å². The fourth-order valence-corrected chi connectivity index (χ4v) is 4.32. The number of para-hydroxylation sites is 1. The van der Waals surface area contributed by atoms with Crippen LogP contribution >= 0.6 is 11.3 Å². The summed E-state index contributed by atoms with van der Waals surface area (Å²) in [4.78, 5) is 12.8. The van der Waals surface area contributed by atoms with Gasteiger partial charge in [-0.15, -0.1) is 10.2 Å². The van der Waals surface area contributed by atoms with E-state index in [9.17, 15) is 4.79 Å². The van der Waals surface area contributed by atoms with Gasteiger partial charge in [0.15, 0.2) is 0 Å². The molecule has 0 spiro atoms. The lowest BCUT2D eigenvalue weighted by atomic mass is 9.88. The predicted molar refractivity (Wildman–Crippen MR) is 124 cm³/mol. The molecule has 1 N–H and O–H groups in total. The summed E-state index contributed by atoms with van der Waals surface area (Å²) in [6.45, 7) is 0. The van der Waals surface area contributed by atoms with Gasteiger partial charge in [0.05, 0.1) is 7.11 Å². The zero-order valence-corrected chi connectivity index (χ0v) is 18.0. The third-order valence-corrected chi connectivity index (χ3v) is 5.88. The molecule has 0 radical (unpaired) electrons. The topological polar surface area (TPSA) is 64.1 Å². The summed E-state index contributed by atoms with van der Waals surface area (Å²) >= 11 is 1.38. The highest BCUT2D eigenvalue weighted by molar-refractivity contribution is 7.15. The average molecular weight is 430 g/mol. The highest BCUT2D eigenvalue weighted by Gasteiger charge is 2.19. The van der Waals surface area contributed by atoms with E-state index in [1.165, 1.54) is 11.3 Å². The van der Waals surface area contributed by atoms with Crippen molar-refractivity contribution >= 4 is 22.4 Å². The van der Waals surface area contributed by atoms with Crippen LogP contribution < -0.4 is 10.1 Å². The summed E-state index contributed by atoms with van der Waals surface area (Å²) in [5, 5.41) is 12.6. The summed E-state index contributed by atoms with van der Waals surface area (Å²) in [7, 11) is 1.65. The lowest BCUT2D eigenvalue weighted by molar-refractivity contribution is -0.116. The molecule has 0 atom stereocenters. The SMILES string of the molecule is COc1ccccc1Cc1nnc(NC(=O)CC(c2ccccc2)c2ccccc2)s1. The van der Waals surface area contributed by atoms with E-state index in [1.54, 1.807) is 7.11 Å². The Labute approximate surface area is 185 Å². The third kappa shape index (κ3) is 5.35. The zero-order valence-electron chi connectivity index (χ0n) is 17.2. The molecule has 0 aliphatic rings. The summed E-state index contributed by atoms with van der Waals surface area (Å²) < 4.78 is 5.40. The maximum Gasteiger partial charge on any atom is 0.227 e. The number of anilines is 1. The molecule has 3 aromatic carbocycles. The van der Waals surface area contributed by atoms with Crippen molar-refractivity contribution in [2.75, 3.05) is 12.4 Å². The van der Waals surface area contributed by atoms with Crippen molar-refractivity contribution < 1.29 is 9.53 Å². The van der Waals surface area contributed by atoms with Crippen LogP contribution in [0.5, 0.6) is 5.75 Å². The molecule has 0 unspecified atom stereocenters. The van der Waals surface area contributed by atoms with Gasteiger partial charge in [0.1, 0.15) is 10.8 Å². The molecular weight excluding hydrogens is 406 g/mol. The van der Waals surface area contributed by atoms with Crippen molar-refractivity contribution in [3.8, 4) is 5.75 Å². The van der Waals surface area contributed by atoms with Gasteiger partial charge in [-0.3, -0.25) is 4.79 Å². The number of methoxy groups -OCH3 is 1. The Morgan fingerprint density at radius 1 is 0.903 bits per heavy atom. The van der Waals surface area contributed by atoms with Gasteiger partial charge in [0.25, 0.3) is 0 Å². The normalized spacial score (nSPS) is 10.8. The van der Waals surface area contributed by atoms with Crippen molar-refractivity contribution in [3.05, 3.63) is 107 Å². The van der Waals surface area contributed by atoms with Crippen LogP contribution in [-0.2, 0) is 11.2 Å². The van der Waals surface area contributed by atoms with E-state index in [2.05, 4.69) is 39.8 Å². The Morgan fingerprint density at radius 3 is 2.16 bits per heavy atom. The standard InChI is InChI=1S/C25H23N3O2S/c1-30-22-15-9-8-14-20(22)16-24-27-28-25(31-24)26-23(29)17-21(18-10-4-2-5-11-18)19-12-6-3-7-13-19/h2-15,21H,16-17H2,1H3,(H,26,28,29). The number of hydrogen-bond acceptors (Lipinski definition) is 5. The van der Waals surface area contributed by atoms with Crippen LogP contribution in [0.2, 0.25) is 0 Å². The number of benzene rings is 3. The molecule has 0 aliphatic heterocycles. The fourth-order valence-electron chi connectivity index (χ4n) is 3.54. The van der Waals surface area contributed by atoms with Crippen LogP contribution in [0.1, 0.15) is 34.0 Å². The second-order valence-corrected chi connectivity index (χ2v) is 8.18. The van der Waals surface area contributed by atoms with Gasteiger partial charge < -0.3 is 10.1 Å². The predicted octanol–water partition coefficient (Wildman–Crippen LogP) is 5.30. The molecule has 4 aromatic rings. The molecule has 0 saturated heterocycles. The number of nitrogens with one attached hydrogen (secondary N) is 1. The maximum absolute atomic E-state index is 12.8. The molecule has 6 heteroatoms. The zero-order chi connectivity index (χ0) is 21.5. The lowest BCUT2D eigenvalue weighted by Gasteiger charge is -2.17. The Balaban J connectivity index is 1.45. The largest absolute Gasteiger partial charge is 0.496 e. The molecule has 1 amide bonds. The van der Waals surface area contributed by atoms with E-state index in [0.29, 0.717) is 18.0 Å². The first-order valence-electron chi connectivity index (χ1n) is 10.1. The minimum absolute atomic E-state index is 0.0247.